The second-order valence-electron chi connectivity index (χ2n) is 0.907. The largest absolute Gasteiger partial charge is 0.286 e. The number of nitrogens with zero attached hydrogens (tertiary/aromatic N) is 1. The second kappa shape index (κ2) is 2.64. The van der Waals surface area contributed by atoms with Crippen LogP contribution in [0.2, 0.25) is 0 Å². The maximum atomic E-state index is 7.88. The molecule has 34 valence electrons. The molecule has 3 heteroatoms. The second-order valence-corrected chi connectivity index (χ2v) is 0.907. The van der Waals surface area contributed by atoms with Crippen LogP contribution in [-0.2, 0) is 4.84 Å². The van der Waals surface area contributed by atoms with Gasteiger partial charge >= 0.3 is 0 Å². The van der Waals surface area contributed by atoms with E-state index < -0.39 is 6.10 Å². The summed E-state index contributed by atoms with van der Waals surface area (Å²) in [5, 5.41) is 7.88. The van der Waals surface area contributed by atoms with E-state index in [2.05, 4.69) is 10.7 Å². The summed E-state index contributed by atoms with van der Waals surface area (Å²) < 4.78 is 0. The Hall–Kier alpha value is -0.590. The fourth-order valence-corrected chi connectivity index (χ4v) is 0.0304. The Morgan fingerprint density at radius 3 is 2.50 bits per heavy atom. The van der Waals surface area contributed by atoms with Crippen LogP contribution in [0.3, 0.4) is 0 Å². The zero-order valence-electron chi connectivity index (χ0n) is 3.51. The first kappa shape index (κ1) is 5.41. The molecule has 0 aliphatic carbocycles. The molecule has 0 aromatic heterocycles. The van der Waals surface area contributed by atoms with Gasteiger partial charge in [0.25, 0.3) is 0 Å². The van der Waals surface area contributed by atoms with Gasteiger partial charge in [0.1, 0.15) is 0 Å². The molecule has 0 fully saturated rings. The zero-order valence-corrected chi connectivity index (χ0v) is 3.51. The summed E-state index contributed by atoms with van der Waals surface area (Å²) in [5.41, 5.74) is 0. The van der Waals surface area contributed by atoms with Gasteiger partial charge in [0, 0.05) is 0 Å². The lowest BCUT2D eigenvalue weighted by Gasteiger charge is -1.90. The van der Waals surface area contributed by atoms with Crippen LogP contribution in [0.15, 0.2) is 0 Å². The number of hydrogen-bond acceptors (Lipinski definition) is 3. The van der Waals surface area contributed by atoms with Crippen molar-refractivity contribution in [2.45, 2.75) is 13.0 Å². The molecule has 2 N–H and O–H groups in total. The predicted octanol–water partition coefficient (Wildman–Crippen LogP) is -0.211. The Balaban J connectivity index is 3.04. The lowest BCUT2D eigenvalue weighted by molar-refractivity contribution is 0.104. The summed E-state index contributed by atoms with van der Waals surface area (Å²) in [5.74, 6) is 4.56. The van der Waals surface area contributed by atoms with Crippen molar-refractivity contribution in [3.63, 3.8) is 0 Å². The van der Waals surface area contributed by atoms with Crippen LogP contribution in [0.5, 0.6) is 0 Å². The molecule has 0 aliphatic rings. The SMILES string of the molecule is CC(C#N)ON. The summed E-state index contributed by atoms with van der Waals surface area (Å²) in [6.07, 6.45) is -0.481. The van der Waals surface area contributed by atoms with Gasteiger partial charge in [0.2, 0.25) is 0 Å². The van der Waals surface area contributed by atoms with Crippen LogP contribution in [0.1, 0.15) is 6.92 Å². The molecule has 0 amide bonds. The first-order chi connectivity index (χ1) is 2.81. The third-order valence-electron chi connectivity index (χ3n) is 0.386. The fourth-order valence-electron chi connectivity index (χ4n) is 0.0304. The van der Waals surface area contributed by atoms with E-state index in [1.165, 1.54) is 0 Å². The molecule has 3 nitrogen and oxygen atoms in total. The first-order valence-electron chi connectivity index (χ1n) is 1.56. The summed E-state index contributed by atoms with van der Waals surface area (Å²) in [6, 6.07) is 1.77. The van der Waals surface area contributed by atoms with Crippen molar-refractivity contribution < 1.29 is 4.84 Å². The first-order valence-corrected chi connectivity index (χ1v) is 1.56. The smallest absolute Gasteiger partial charge is 0.162 e. The van der Waals surface area contributed by atoms with Gasteiger partial charge in [-0.2, -0.15) is 5.26 Å². The van der Waals surface area contributed by atoms with Crippen molar-refractivity contribution in [1.82, 2.24) is 0 Å². The zero-order chi connectivity index (χ0) is 4.99. The van der Waals surface area contributed by atoms with Gasteiger partial charge in [-0.25, -0.2) is 5.90 Å². The Morgan fingerprint density at radius 1 is 2.00 bits per heavy atom. The summed E-state index contributed by atoms with van der Waals surface area (Å²) in [4.78, 5) is 4.04. The minimum absolute atomic E-state index is 0.481. The van der Waals surface area contributed by atoms with Crippen molar-refractivity contribution in [1.29, 1.82) is 5.26 Å². The van der Waals surface area contributed by atoms with Crippen LogP contribution in [-0.4, -0.2) is 6.10 Å². The Labute approximate surface area is 36.3 Å². The maximum Gasteiger partial charge on any atom is 0.162 e. The average molecular weight is 86.1 g/mol. The number of hydrogen-bond donors (Lipinski definition) is 1. The Morgan fingerprint density at radius 2 is 2.50 bits per heavy atom. The standard InChI is InChI=1S/C3H6N2O/c1-3(2-4)6-5/h3H,5H2,1H3. The molecule has 0 aromatic carbocycles. The van der Waals surface area contributed by atoms with E-state index in [4.69, 9.17) is 5.26 Å². The molecule has 0 rings (SSSR count). The summed E-state index contributed by atoms with van der Waals surface area (Å²) in [7, 11) is 0. The van der Waals surface area contributed by atoms with E-state index >= 15 is 0 Å². The van der Waals surface area contributed by atoms with Gasteiger partial charge in [0.15, 0.2) is 6.10 Å². The number of nitrogens with two attached hydrogens (primary N) is 1. The van der Waals surface area contributed by atoms with Crippen molar-refractivity contribution in [3.8, 4) is 6.07 Å². The normalized spacial score (nSPS) is 12.8. The van der Waals surface area contributed by atoms with Crippen LogP contribution >= 0.6 is 0 Å². The summed E-state index contributed by atoms with van der Waals surface area (Å²) >= 11 is 0. The molecule has 0 bridgehead atoms. The highest BCUT2D eigenvalue weighted by atomic mass is 16.6. The molecule has 6 heavy (non-hydrogen) atoms. The third-order valence-corrected chi connectivity index (χ3v) is 0.386. The van der Waals surface area contributed by atoms with Gasteiger partial charge in [-0.1, -0.05) is 0 Å². The van der Waals surface area contributed by atoms with Crippen LogP contribution in [0, 0.1) is 11.3 Å². The average Bonchev–Trinajstić information content (AvgIpc) is 1.65. The number of rotatable bonds is 1. The van der Waals surface area contributed by atoms with Crippen LogP contribution in [0.25, 0.3) is 0 Å². The van der Waals surface area contributed by atoms with E-state index in [-0.39, 0.29) is 0 Å². The van der Waals surface area contributed by atoms with Gasteiger partial charge in [-0.05, 0) is 6.92 Å². The minimum atomic E-state index is -0.481. The minimum Gasteiger partial charge on any atom is -0.286 e. The van der Waals surface area contributed by atoms with E-state index in [9.17, 15) is 0 Å². The van der Waals surface area contributed by atoms with Gasteiger partial charge in [0.05, 0.1) is 6.07 Å². The molecule has 0 spiro atoms. The fraction of sp³-hybridized carbons (Fsp3) is 0.667. The lowest BCUT2D eigenvalue weighted by atomic mass is 10.5. The molecule has 0 heterocycles. The van der Waals surface area contributed by atoms with E-state index in [1.807, 2.05) is 0 Å². The topological polar surface area (TPSA) is 59.0 Å². The summed E-state index contributed by atoms with van der Waals surface area (Å²) in [6.45, 7) is 1.57. The molecule has 0 aromatic rings. The maximum absolute atomic E-state index is 7.88. The molecule has 0 radical (unpaired) electrons. The van der Waals surface area contributed by atoms with E-state index in [0.29, 0.717) is 0 Å². The molecule has 0 saturated heterocycles. The Bertz CT molecular complexity index is 65.7. The van der Waals surface area contributed by atoms with Gasteiger partial charge < -0.3 is 0 Å². The predicted molar refractivity (Wildman–Crippen MR) is 20.3 cm³/mol. The van der Waals surface area contributed by atoms with Crippen molar-refractivity contribution >= 4 is 0 Å². The van der Waals surface area contributed by atoms with Crippen LogP contribution < -0.4 is 5.90 Å². The monoisotopic (exact) mass is 86.0 g/mol. The highest BCUT2D eigenvalue weighted by Gasteiger charge is 1.89. The molecule has 0 aliphatic heterocycles. The molecular formula is C3H6N2O. The van der Waals surface area contributed by atoms with Crippen molar-refractivity contribution in [2.75, 3.05) is 0 Å². The van der Waals surface area contributed by atoms with Crippen molar-refractivity contribution in [2.24, 2.45) is 5.90 Å². The highest BCUT2D eigenvalue weighted by Crippen LogP contribution is 1.75. The molecular weight excluding hydrogens is 80.0 g/mol. The van der Waals surface area contributed by atoms with Gasteiger partial charge in [-0.3, -0.25) is 4.84 Å². The van der Waals surface area contributed by atoms with Gasteiger partial charge in [-0.15, -0.1) is 0 Å². The Kier molecular flexibility index (Phi) is 2.38. The lowest BCUT2D eigenvalue weighted by Crippen LogP contribution is -2.09. The molecule has 1 atom stereocenters. The van der Waals surface area contributed by atoms with E-state index in [1.54, 1.807) is 13.0 Å². The van der Waals surface area contributed by atoms with Crippen molar-refractivity contribution in [3.05, 3.63) is 0 Å². The molecule has 0 saturated carbocycles. The van der Waals surface area contributed by atoms with E-state index in [0.717, 1.165) is 0 Å². The molecule has 1 unspecified atom stereocenters. The third kappa shape index (κ3) is 1.70. The highest BCUT2D eigenvalue weighted by molar-refractivity contribution is 4.77. The number of nitriles is 1. The quantitative estimate of drug-likeness (QED) is 0.449. The van der Waals surface area contributed by atoms with Crippen LogP contribution in [0.4, 0.5) is 0 Å².